The fraction of sp³-hybridized carbons (Fsp3) is 0.300. The van der Waals surface area contributed by atoms with Crippen molar-refractivity contribution < 1.29 is 28.0 Å². The van der Waals surface area contributed by atoms with Gasteiger partial charge in [-0.25, -0.2) is 13.6 Å². The zero-order valence-electron chi connectivity index (χ0n) is 16.5. The predicted molar refractivity (Wildman–Crippen MR) is 103 cm³/mol. The second-order valence-corrected chi connectivity index (χ2v) is 5.94. The Bertz CT molecular complexity index is 930. The Labute approximate surface area is 167 Å². The maximum Gasteiger partial charge on any atom is 0.360 e. The monoisotopic (exact) mass is 405 g/mol. The van der Waals surface area contributed by atoms with Crippen molar-refractivity contribution in [1.82, 2.24) is 4.98 Å². The molecule has 9 heteroatoms. The van der Waals surface area contributed by atoms with Crippen LogP contribution in [0.2, 0.25) is 0 Å². The summed E-state index contributed by atoms with van der Waals surface area (Å²) in [5.41, 5.74) is 2.42. The number of oxime groups is 2. The number of hydrogen-bond donors (Lipinski definition) is 0. The topological polar surface area (TPSA) is 82.4 Å². The van der Waals surface area contributed by atoms with Crippen LogP contribution in [-0.4, -0.2) is 36.6 Å². The van der Waals surface area contributed by atoms with E-state index in [2.05, 4.69) is 15.3 Å². The summed E-state index contributed by atoms with van der Waals surface area (Å²) in [7, 11) is 2.57. The minimum Gasteiger partial charge on any atom is -0.464 e. The Kier molecular flexibility index (Phi) is 7.76. The first-order valence-corrected chi connectivity index (χ1v) is 8.58. The van der Waals surface area contributed by atoms with Crippen LogP contribution in [0.5, 0.6) is 0 Å². The molecule has 1 aromatic heterocycles. The fourth-order valence-corrected chi connectivity index (χ4v) is 2.52. The number of halogens is 2. The summed E-state index contributed by atoms with van der Waals surface area (Å²) in [6.07, 6.45) is -1.31. The molecule has 0 amide bonds. The smallest absolute Gasteiger partial charge is 0.360 e. The van der Waals surface area contributed by atoms with Crippen LogP contribution in [0.15, 0.2) is 46.8 Å². The number of carbonyl (C=O) groups excluding carboxylic acids is 1. The molecule has 1 aromatic carbocycles. The van der Waals surface area contributed by atoms with E-state index in [-0.39, 0.29) is 23.6 Å². The lowest BCUT2D eigenvalue weighted by atomic mass is 9.99. The average Bonchev–Trinajstić information content (AvgIpc) is 2.72. The molecule has 0 unspecified atom stereocenters. The molecule has 1 heterocycles. The first-order chi connectivity index (χ1) is 13.9. The standard InChI is InChI=1S/C20H21F2N3O4/c1-12-6-5-7-15(18(25-28-4)20(26)27-3)16(12)11-29-24-13(2)17-10-14(19(21)22)8-9-23-17/h5-10,19H,11H2,1-4H3/b24-13+,25-18+. The van der Waals surface area contributed by atoms with Gasteiger partial charge in [0.1, 0.15) is 19.4 Å². The van der Waals surface area contributed by atoms with Crippen LogP contribution in [0.1, 0.15) is 41.3 Å². The Morgan fingerprint density at radius 1 is 1.21 bits per heavy atom. The number of pyridine rings is 1. The number of esters is 1. The van der Waals surface area contributed by atoms with Crippen LogP contribution in [0.3, 0.4) is 0 Å². The van der Waals surface area contributed by atoms with Gasteiger partial charge in [-0.3, -0.25) is 4.98 Å². The van der Waals surface area contributed by atoms with Gasteiger partial charge >= 0.3 is 5.97 Å². The second kappa shape index (κ2) is 10.3. The summed E-state index contributed by atoms with van der Waals surface area (Å²) in [6.45, 7) is 3.45. The molecule has 0 N–H and O–H groups in total. The number of rotatable bonds is 8. The molecule has 0 aliphatic heterocycles. The average molecular weight is 405 g/mol. The van der Waals surface area contributed by atoms with Gasteiger partial charge in [0.2, 0.25) is 0 Å². The largest absolute Gasteiger partial charge is 0.464 e. The van der Waals surface area contributed by atoms with Crippen molar-refractivity contribution >= 4 is 17.4 Å². The lowest BCUT2D eigenvalue weighted by Crippen LogP contribution is -2.20. The minimum atomic E-state index is -2.60. The highest BCUT2D eigenvalue weighted by molar-refractivity contribution is 6.43. The van der Waals surface area contributed by atoms with Gasteiger partial charge in [-0.15, -0.1) is 0 Å². The third kappa shape index (κ3) is 5.56. The first kappa shape index (κ1) is 21.9. The van der Waals surface area contributed by atoms with E-state index in [1.165, 1.54) is 32.5 Å². The van der Waals surface area contributed by atoms with Gasteiger partial charge in [0.25, 0.3) is 6.43 Å². The molecule has 29 heavy (non-hydrogen) atoms. The second-order valence-electron chi connectivity index (χ2n) is 5.94. The lowest BCUT2D eigenvalue weighted by Gasteiger charge is -2.12. The van der Waals surface area contributed by atoms with E-state index in [0.29, 0.717) is 16.8 Å². The Morgan fingerprint density at radius 3 is 2.62 bits per heavy atom. The summed E-state index contributed by atoms with van der Waals surface area (Å²) in [5, 5.41) is 7.72. The first-order valence-electron chi connectivity index (χ1n) is 8.58. The van der Waals surface area contributed by atoms with Crippen molar-refractivity contribution in [3.8, 4) is 0 Å². The number of nitrogens with zero attached hydrogens (tertiary/aromatic N) is 3. The van der Waals surface area contributed by atoms with Crippen molar-refractivity contribution in [3.63, 3.8) is 0 Å². The number of ether oxygens (including phenoxy) is 1. The zero-order valence-corrected chi connectivity index (χ0v) is 16.5. The third-order valence-electron chi connectivity index (χ3n) is 4.04. The summed E-state index contributed by atoms with van der Waals surface area (Å²) < 4.78 is 30.5. The lowest BCUT2D eigenvalue weighted by molar-refractivity contribution is -0.132. The molecular weight excluding hydrogens is 384 g/mol. The number of methoxy groups -OCH3 is 1. The Morgan fingerprint density at radius 2 is 1.97 bits per heavy atom. The zero-order chi connectivity index (χ0) is 21.4. The number of benzene rings is 1. The van der Waals surface area contributed by atoms with Crippen molar-refractivity contribution in [2.75, 3.05) is 14.2 Å². The van der Waals surface area contributed by atoms with Crippen molar-refractivity contribution in [3.05, 3.63) is 64.5 Å². The van der Waals surface area contributed by atoms with E-state index in [4.69, 9.17) is 14.4 Å². The SMILES string of the molecule is CO/N=C(/C(=O)OC)c1cccc(C)c1CO/N=C(\C)c1cc(C(F)F)ccn1. The van der Waals surface area contributed by atoms with Crippen LogP contribution in [0.4, 0.5) is 8.78 Å². The van der Waals surface area contributed by atoms with E-state index in [9.17, 15) is 13.6 Å². The van der Waals surface area contributed by atoms with Gasteiger partial charge in [0.05, 0.1) is 12.8 Å². The quantitative estimate of drug-likeness (QED) is 0.379. The number of aromatic nitrogens is 1. The molecule has 0 spiro atoms. The maximum atomic E-state index is 12.8. The third-order valence-corrected chi connectivity index (χ3v) is 4.04. The molecular formula is C20H21F2N3O4. The molecule has 2 aromatic rings. The molecule has 0 saturated carbocycles. The van der Waals surface area contributed by atoms with Gasteiger partial charge in [0, 0.05) is 22.9 Å². The number of aryl methyl sites for hydroxylation is 1. The molecule has 0 saturated heterocycles. The molecule has 0 aliphatic rings. The summed E-state index contributed by atoms with van der Waals surface area (Å²) >= 11 is 0. The summed E-state index contributed by atoms with van der Waals surface area (Å²) in [5.74, 6) is -0.661. The molecule has 0 aliphatic carbocycles. The molecule has 2 rings (SSSR count). The Balaban J connectivity index is 2.27. The normalized spacial score (nSPS) is 12.1. The van der Waals surface area contributed by atoms with E-state index in [1.807, 2.05) is 13.0 Å². The molecule has 0 bridgehead atoms. The molecule has 7 nitrogen and oxygen atoms in total. The highest BCUT2D eigenvalue weighted by Crippen LogP contribution is 2.20. The predicted octanol–water partition coefficient (Wildman–Crippen LogP) is 3.79. The molecule has 0 fully saturated rings. The van der Waals surface area contributed by atoms with E-state index >= 15 is 0 Å². The van der Waals surface area contributed by atoms with Crippen molar-refractivity contribution in [2.45, 2.75) is 26.9 Å². The van der Waals surface area contributed by atoms with E-state index < -0.39 is 12.4 Å². The molecule has 0 radical (unpaired) electrons. The number of alkyl halides is 2. The van der Waals surface area contributed by atoms with Crippen molar-refractivity contribution in [1.29, 1.82) is 0 Å². The highest BCUT2D eigenvalue weighted by Gasteiger charge is 2.20. The van der Waals surface area contributed by atoms with Crippen LogP contribution in [0, 0.1) is 6.92 Å². The van der Waals surface area contributed by atoms with Crippen LogP contribution < -0.4 is 0 Å². The Hall–Kier alpha value is -3.36. The van der Waals surface area contributed by atoms with E-state index in [0.717, 1.165) is 5.56 Å². The van der Waals surface area contributed by atoms with Crippen LogP contribution in [-0.2, 0) is 25.8 Å². The van der Waals surface area contributed by atoms with Crippen molar-refractivity contribution in [2.24, 2.45) is 10.3 Å². The number of carbonyl (C=O) groups is 1. The van der Waals surface area contributed by atoms with Gasteiger partial charge in [-0.2, -0.15) is 0 Å². The highest BCUT2D eigenvalue weighted by atomic mass is 19.3. The maximum absolute atomic E-state index is 12.8. The van der Waals surface area contributed by atoms with Gasteiger partial charge in [-0.05, 0) is 31.5 Å². The van der Waals surface area contributed by atoms with E-state index in [1.54, 1.807) is 19.1 Å². The minimum absolute atomic E-state index is 0.00755. The number of hydrogen-bond acceptors (Lipinski definition) is 7. The van der Waals surface area contributed by atoms with Gasteiger partial charge < -0.3 is 14.4 Å². The summed E-state index contributed by atoms with van der Waals surface area (Å²) in [4.78, 5) is 26.2. The van der Waals surface area contributed by atoms with Crippen LogP contribution >= 0.6 is 0 Å². The molecule has 0 atom stereocenters. The van der Waals surface area contributed by atoms with Gasteiger partial charge in [-0.1, -0.05) is 28.5 Å². The fourth-order valence-electron chi connectivity index (χ4n) is 2.52. The van der Waals surface area contributed by atoms with Crippen LogP contribution in [0.25, 0.3) is 0 Å². The molecule has 154 valence electrons. The van der Waals surface area contributed by atoms with Gasteiger partial charge in [0.15, 0.2) is 5.71 Å². The summed E-state index contributed by atoms with van der Waals surface area (Å²) in [6, 6.07) is 7.79.